The van der Waals surface area contributed by atoms with Crippen LogP contribution in [0.2, 0.25) is 0 Å². The van der Waals surface area contributed by atoms with E-state index in [1.807, 2.05) is 6.08 Å². The number of hydrogen-bond donors (Lipinski definition) is 0. The third-order valence-electron chi connectivity index (χ3n) is 5.94. The van der Waals surface area contributed by atoms with Crippen LogP contribution >= 0.6 is 0 Å². The summed E-state index contributed by atoms with van der Waals surface area (Å²) in [5.74, 6) is 1.24. The molecule has 17 heavy (non-hydrogen) atoms. The molecule has 0 aromatic carbocycles. The van der Waals surface area contributed by atoms with Gasteiger partial charge < -0.3 is 0 Å². The van der Waals surface area contributed by atoms with Gasteiger partial charge in [0, 0.05) is 23.7 Å². The number of fused-ring (bicyclic) bond motifs is 3. The van der Waals surface area contributed by atoms with Crippen LogP contribution in [0.4, 0.5) is 0 Å². The number of allylic oxidation sites excluding steroid dienone is 2. The maximum absolute atomic E-state index is 12.4. The number of carbonyl (C=O) groups excluding carboxylic acids is 2. The van der Waals surface area contributed by atoms with Crippen molar-refractivity contribution in [3.05, 3.63) is 11.6 Å². The van der Waals surface area contributed by atoms with Crippen LogP contribution in [0.15, 0.2) is 11.6 Å². The van der Waals surface area contributed by atoms with Crippen molar-refractivity contribution in [2.75, 3.05) is 0 Å². The first-order valence-electron chi connectivity index (χ1n) is 6.75. The highest BCUT2D eigenvalue weighted by molar-refractivity contribution is 5.94. The molecule has 2 heteroatoms. The van der Waals surface area contributed by atoms with Crippen molar-refractivity contribution < 1.29 is 9.59 Å². The quantitative estimate of drug-likeness (QED) is 0.643. The maximum atomic E-state index is 12.4. The lowest BCUT2D eigenvalue weighted by molar-refractivity contribution is -0.136. The molecule has 3 aliphatic carbocycles. The van der Waals surface area contributed by atoms with Crippen molar-refractivity contribution in [3.8, 4) is 0 Å². The Morgan fingerprint density at radius 1 is 1.12 bits per heavy atom. The van der Waals surface area contributed by atoms with E-state index in [-0.39, 0.29) is 16.6 Å². The van der Waals surface area contributed by atoms with E-state index in [0.29, 0.717) is 18.1 Å². The lowest BCUT2D eigenvalue weighted by Gasteiger charge is -2.53. The molecule has 0 amide bonds. The molecule has 3 rings (SSSR count). The summed E-state index contributed by atoms with van der Waals surface area (Å²) < 4.78 is 0. The van der Waals surface area contributed by atoms with Gasteiger partial charge in [0.1, 0.15) is 5.78 Å². The van der Waals surface area contributed by atoms with Gasteiger partial charge >= 0.3 is 0 Å². The van der Waals surface area contributed by atoms with Crippen molar-refractivity contribution in [2.24, 2.45) is 16.7 Å². The molecular formula is C15H20O2. The van der Waals surface area contributed by atoms with Gasteiger partial charge in [0.25, 0.3) is 0 Å². The number of Topliss-reactive ketones (excluding diaryl/α,β-unsaturated/α-hetero) is 1. The van der Waals surface area contributed by atoms with E-state index in [1.54, 1.807) is 0 Å². The Bertz CT molecular complexity index is 434. The third-order valence-corrected chi connectivity index (χ3v) is 5.94. The lowest BCUT2D eigenvalue weighted by Crippen LogP contribution is -2.50. The van der Waals surface area contributed by atoms with E-state index >= 15 is 0 Å². The zero-order chi connectivity index (χ0) is 12.3. The molecule has 92 valence electrons. The van der Waals surface area contributed by atoms with Gasteiger partial charge in [-0.2, -0.15) is 0 Å². The summed E-state index contributed by atoms with van der Waals surface area (Å²) >= 11 is 0. The van der Waals surface area contributed by atoms with Gasteiger partial charge in [-0.15, -0.1) is 0 Å². The predicted molar refractivity (Wildman–Crippen MR) is 65.5 cm³/mol. The zero-order valence-corrected chi connectivity index (χ0v) is 10.7. The lowest BCUT2D eigenvalue weighted by atomic mass is 9.49. The van der Waals surface area contributed by atoms with Gasteiger partial charge in [0.05, 0.1) is 0 Å². The fraction of sp³-hybridized carbons (Fsp3) is 0.733. The Morgan fingerprint density at radius 2 is 1.82 bits per heavy atom. The van der Waals surface area contributed by atoms with Gasteiger partial charge in [-0.1, -0.05) is 19.4 Å². The molecule has 0 spiro atoms. The van der Waals surface area contributed by atoms with Gasteiger partial charge in [-0.05, 0) is 37.7 Å². The van der Waals surface area contributed by atoms with Crippen molar-refractivity contribution in [1.82, 2.24) is 0 Å². The fourth-order valence-corrected chi connectivity index (χ4v) is 4.50. The number of rotatable bonds is 0. The van der Waals surface area contributed by atoms with Gasteiger partial charge in [-0.3, -0.25) is 9.59 Å². The Balaban J connectivity index is 2.13. The average molecular weight is 232 g/mol. The Morgan fingerprint density at radius 3 is 2.59 bits per heavy atom. The first-order chi connectivity index (χ1) is 7.98. The molecule has 0 radical (unpaired) electrons. The highest BCUT2D eigenvalue weighted by Crippen LogP contribution is 2.64. The molecule has 0 aromatic rings. The summed E-state index contributed by atoms with van der Waals surface area (Å²) in [6, 6.07) is 0. The largest absolute Gasteiger partial charge is 0.299 e. The second-order valence-corrected chi connectivity index (χ2v) is 6.37. The van der Waals surface area contributed by atoms with Gasteiger partial charge in [-0.25, -0.2) is 0 Å². The number of ketones is 2. The minimum absolute atomic E-state index is 0.0442. The van der Waals surface area contributed by atoms with Crippen LogP contribution in [-0.2, 0) is 9.59 Å². The van der Waals surface area contributed by atoms with Crippen LogP contribution in [0.25, 0.3) is 0 Å². The number of hydrogen-bond acceptors (Lipinski definition) is 2. The molecule has 0 aliphatic heterocycles. The van der Waals surface area contributed by atoms with Gasteiger partial charge in [0.2, 0.25) is 0 Å². The first kappa shape index (κ1) is 11.2. The number of carbonyl (C=O) groups is 2. The maximum Gasteiger partial charge on any atom is 0.155 e. The van der Waals surface area contributed by atoms with Crippen molar-refractivity contribution in [2.45, 2.75) is 52.4 Å². The summed E-state index contributed by atoms with van der Waals surface area (Å²) in [5.41, 5.74) is 1.01. The molecule has 2 nitrogen and oxygen atoms in total. The van der Waals surface area contributed by atoms with Crippen LogP contribution in [0, 0.1) is 16.7 Å². The summed E-state index contributed by atoms with van der Waals surface area (Å²) in [4.78, 5) is 23.9. The molecule has 0 bridgehead atoms. The molecule has 2 saturated carbocycles. The first-order valence-corrected chi connectivity index (χ1v) is 6.75. The molecule has 3 unspecified atom stereocenters. The van der Waals surface area contributed by atoms with E-state index in [9.17, 15) is 9.59 Å². The van der Waals surface area contributed by atoms with E-state index in [4.69, 9.17) is 0 Å². The summed E-state index contributed by atoms with van der Waals surface area (Å²) in [7, 11) is 0. The molecule has 0 aromatic heterocycles. The molecule has 3 aliphatic rings. The van der Waals surface area contributed by atoms with E-state index in [0.717, 1.165) is 32.1 Å². The van der Waals surface area contributed by atoms with Crippen LogP contribution in [0.1, 0.15) is 52.4 Å². The van der Waals surface area contributed by atoms with Crippen LogP contribution in [0.3, 0.4) is 0 Å². The smallest absolute Gasteiger partial charge is 0.155 e. The summed E-state index contributed by atoms with van der Waals surface area (Å²) in [6.07, 6.45) is 7.26. The van der Waals surface area contributed by atoms with Crippen molar-refractivity contribution in [1.29, 1.82) is 0 Å². The third kappa shape index (κ3) is 1.22. The van der Waals surface area contributed by atoms with Crippen LogP contribution in [-0.4, -0.2) is 11.6 Å². The minimum Gasteiger partial charge on any atom is -0.299 e. The van der Waals surface area contributed by atoms with E-state index in [2.05, 4.69) is 13.8 Å². The standard InChI is InChI=1S/C15H20O2/c1-14-8-7-12(16)9-11(14)4-3-10-5-6-13(17)15(10,14)2/h9-10H,3-8H2,1-2H3. The summed E-state index contributed by atoms with van der Waals surface area (Å²) in [5, 5.41) is 0. The average Bonchev–Trinajstić information content (AvgIpc) is 2.59. The summed E-state index contributed by atoms with van der Waals surface area (Å²) in [6.45, 7) is 4.39. The molecule has 0 saturated heterocycles. The normalized spacial score (nSPS) is 45.3. The molecule has 3 atom stereocenters. The minimum atomic E-state index is -0.197. The van der Waals surface area contributed by atoms with Gasteiger partial charge in [0.15, 0.2) is 5.78 Å². The second kappa shape index (κ2) is 3.30. The Labute approximate surface area is 102 Å². The molecule has 0 heterocycles. The van der Waals surface area contributed by atoms with Crippen molar-refractivity contribution >= 4 is 11.6 Å². The van der Waals surface area contributed by atoms with Crippen LogP contribution in [0.5, 0.6) is 0 Å². The van der Waals surface area contributed by atoms with E-state index in [1.165, 1.54) is 5.57 Å². The zero-order valence-electron chi connectivity index (χ0n) is 10.7. The SMILES string of the molecule is CC12CCC(=O)C=C1CCC1CCC(=O)C12C. The molecule has 2 fully saturated rings. The molecule has 0 N–H and O–H groups in total. The van der Waals surface area contributed by atoms with E-state index < -0.39 is 0 Å². The highest BCUT2D eigenvalue weighted by atomic mass is 16.1. The molecular weight excluding hydrogens is 212 g/mol. The van der Waals surface area contributed by atoms with Crippen molar-refractivity contribution in [3.63, 3.8) is 0 Å². The highest BCUT2D eigenvalue weighted by Gasteiger charge is 2.60. The Kier molecular flexibility index (Phi) is 2.17. The fourth-order valence-electron chi connectivity index (χ4n) is 4.50. The Hall–Kier alpha value is -0.920. The van der Waals surface area contributed by atoms with Crippen LogP contribution < -0.4 is 0 Å². The topological polar surface area (TPSA) is 34.1 Å². The predicted octanol–water partition coefficient (Wildman–Crippen LogP) is 3.06. The monoisotopic (exact) mass is 232 g/mol. The second-order valence-electron chi connectivity index (χ2n) is 6.37.